The zero-order valence-corrected chi connectivity index (χ0v) is 71.5. The van der Waals surface area contributed by atoms with Gasteiger partial charge in [-0.05, 0) is 244 Å². The largest absolute Gasteiger partial charge is 0.244 e. The summed E-state index contributed by atoms with van der Waals surface area (Å²) in [5.41, 5.74) is 0. The molecule has 0 aromatic rings. The van der Waals surface area contributed by atoms with E-state index in [1.54, 1.807) is 0 Å². The molecular weight excluding hydrogens is 1560 g/mol. The Bertz CT molecular complexity index is 1260. The first-order chi connectivity index (χ1) is 34.5. The van der Waals surface area contributed by atoms with Gasteiger partial charge in [0.2, 0.25) is 0 Å². The van der Waals surface area contributed by atoms with Crippen LogP contribution < -0.4 is 0 Å². The zero-order valence-electron chi connectivity index (χ0n) is 48.8. The third-order valence-corrected chi connectivity index (χ3v) is 49.3. The molecule has 0 rings (SSSR count). The Kier molecular flexibility index (Phi) is 44.5. The van der Waals surface area contributed by atoms with E-state index in [0.717, 1.165) is 97.4 Å². The second-order valence-corrected chi connectivity index (χ2v) is 97.8. The summed E-state index contributed by atoms with van der Waals surface area (Å²) in [4.78, 5) is 0. The highest BCUT2D eigenvalue weighted by Crippen LogP contribution is 2.64. The summed E-state index contributed by atoms with van der Waals surface area (Å²) in [6.07, 6.45) is 39.9. The van der Waals surface area contributed by atoms with E-state index in [2.05, 4.69) is 25.0 Å². The van der Waals surface area contributed by atoms with Crippen LogP contribution in [0, 0.1) is 0 Å². The number of rotatable bonds is 48. The molecule has 0 atom stereocenters. The lowest BCUT2D eigenvalue weighted by Gasteiger charge is -2.47. The van der Waals surface area contributed by atoms with Crippen LogP contribution in [0.1, 0.15) is 77.0 Å². The first kappa shape index (κ1) is 86.2. The number of hydrogen-bond donors (Lipinski definition) is 0. The van der Waals surface area contributed by atoms with Crippen molar-refractivity contribution in [2.45, 2.75) is 77.0 Å². The van der Waals surface area contributed by atoms with Crippen LogP contribution >= 0.6 is 289 Å². The molecule has 0 N–H and O–H groups in total. The van der Waals surface area contributed by atoms with Crippen molar-refractivity contribution in [2.75, 3.05) is 213 Å². The normalized spacial score (nSPS) is 17.5. The van der Waals surface area contributed by atoms with E-state index in [9.17, 15) is 0 Å². The quantitative estimate of drug-likeness (QED) is 0.0570. The van der Waals surface area contributed by atoms with Crippen LogP contribution in [0.15, 0.2) is 0 Å². The van der Waals surface area contributed by atoms with Gasteiger partial charge < -0.3 is 0 Å². The topological polar surface area (TPSA) is 0 Å². The summed E-state index contributed by atoms with van der Waals surface area (Å²) in [7, 11) is 89.1. The van der Waals surface area contributed by atoms with Crippen LogP contribution in [-0.2, 0) is 0 Å². The first-order valence-corrected chi connectivity index (χ1v) is 69.7. The van der Waals surface area contributed by atoms with E-state index in [1.165, 1.54) is 118 Å². The predicted octanol–water partition coefficient (Wildman–Crippen LogP) is 27.1. The molecule has 0 aliphatic heterocycles. The fraction of sp³-hybridized carbons (Fsp3) is 1.00. The summed E-state index contributed by atoms with van der Waals surface area (Å²) >= 11 is 0. The minimum Gasteiger partial charge on any atom is -0.244 e. The highest BCUT2D eigenvalue weighted by atomic mass is 36.0. The minimum atomic E-state index is -1.62. The van der Waals surface area contributed by atoms with Gasteiger partial charge in [-0.25, -0.2) is 50.1 Å². The molecule has 0 aromatic heterocycles. The maximum absolute atomic E-state index is 6.69. The fourth-order valence-electron chi connectivity index (χ4n) is 9.98. The molecule has 0 heterocycles. The summed E-state index contributed by atoms with van der Waals surface area (Å²) < 4.78 is 0. The summed E-state index contributed by atoms with van der Waals surface area (Å²) in [6.45, 7) is 0. The molecule has 490 valence electrons. The third-order valence-electron chi connectivity index (χ3n) is 14.0. The van der Waals surface area contributed by atoms with Gasteiger partial charge in [0.05, 0.1) is 0 Å². The van der Waals surface area contributed by atoms with Gasteiger partial charge in [0.1, 0.15) is 0 Å². The van der Waals surface area contributed by atoms with Gasteiger partial charge in [0.15, 0.2) is 0 Å². The molecule has 29 heteroatoms. The first-order valence-electron chi connectivity index (χ1n) is 26.3. The Morgan fingerprint density at radius 2 is 0.234 bits per heavy atom. The van der Waals surface area contributed by atoms with Gasteiger partial charge in [-0.3, -0.25) is 0 Å². The standard InChI is InChI=1S/C48H108Cl16S13/c1-65(25-13-37-69(5,49)50,26-14-38-70(6,51)52)33-21-45-77(46-22-34-66(2,27-15-39-71(7,53)54)28-16-40-72(8,55)56,47-23-35-67(3,29-17-41-73(9,57)58)30-18-42-74(10,59)60)48-24-36-68(4,31-19-43-75(11,61)62)32-20-44-76(12,63)64/h13-48H2,1-12H3. The van der Waals surface area contributed by atoms with Gasteiger partial charge in [0, 0.05) is 46.0 Å². The van der Waals surface area contributed by atoms with Crippen molar-refractivity contribution < 1.29 is 0 Å². The van der Waals surface area contributed by atoms with E-state index in [4.69, 9.17) is 171 Å². The van der Waals surface area contributed by atoms with Gasteiger partial charge in [-0.1, -0.05) is 239 Å². The molecule has 0 spiro atoms. The van der Waals surface area contributed by atoms with Gasteiger partial charge in [0.25, 0.3) is 0 Å². The van der Waals surface area contributed by atoms with E-state index < -0.39 is 118 Å². The Hall–Kier alpha value is 9.19. The zero-order chi connectivity index (χ0) is 60.0. The van der Waals surface area contributed by atoms with E-state index in [0.29, 0.717) is 0 Å². The Morgan fingerprint density at radius 1 is 0.143 bits per heavy atom. The lowest BCUT2D eigenvalue weighted by molar-refractivity contribution is 0.972. The molecule has 0 aromatic carbocycles. The van der Waals surface area contributed by atoms with Crippen molar-refractivity contribution in [1.82, 2.24) is 0 Å². The minimum absolute atomic E-state index is 0.872. The molecule has 0 amide bonds. The van der Waals surface area contributed by atoms with Crippen molar-refractivity contribution >= 4 is 289 Å². The summed E-state index contributed by atoms with van der Waals surface area (Å²) in [6, 6.07) is 0. The molecule has 0 bridgehead atoms. The molecule has 0 fully saturated rings. The van der Waals surface area contributed by atoms with Crippen molar-refractivity contribution in [3.63, 3.8) is 0 Å². The highest BCUT2D eigenvalue weighted by Gasteiger charge is 2.32. The molecule has 0 aliphatic rings. The lowest BCUT2D eigenvalue weighted by atomic mass is 10.5. The van der Waals surface area contributed by atoms with E-state index in [1.807, 2.05) is 50.0 Å². The van der Waals surface area contributed by atoms with Crippen LogP contribution in [0.25, 0.3) is 0 Å². The number of hydrogen-bond acceptors (Lipinski definition) is 0. The SMILES string of the molecule is CS(Cl)(Cl)CCCS(C)(CCCS(C)(Cl)Cl)CCCS(CCCS(C)(CCCS(C)(Cl)Cl)CCCS(C)(Cl)Cl)(CCCS(C)(CCCS(C)(Cl)Cl)CCCS(C)(Cl)Cl)CCCS(C)(CCCS(C)(Cl)Cl)CCCS(C)(Cl)Cl. The van der Waals surface area contributed by atoms with Gasteiger partial charge in [-0.15, -0.1) is 0 Å². The molecule has 0 unspecified atom stereocenters. The van der Waals surface area contributed by atoms with Crippen LogP contribution in [0.5, 0.6) is 0 Å². The highest BCUT2D eigenvalue weighted by molar-refractivity contribution is 8.68. The molecule has 0 radical (unpaired) electrons. The summed E-state index contributed by atoms with van der Waals surface area (Å²) in [5.74, 6) is 26.7. The Morgan fingerprint density at radius 3 is 0.325 bits per heavy atom. The van der Waals surface area contributed by atoms with Gasteiger partial charge in [-0.2, -0.15) is 0 Å². The van der Waals surface area contributed by atoms with Crippen LogP contribution in [0.3, 0.4) is 0 Å². The fourth-order valence-corrected chi connectivity index (χ4v) is 39.4. The molecule has 0 saturated carbocycles. The summed E-state index contributed by atoms with van der Waals surface area (Å²) in [5, 5.41) is 0. The third kappa shape index (κ3) is 53.3. The Balaban J connectivity index is 7.67. The second kappa shape index (κ2) is 39.8. The molecular formula is C48H108Cl16S13. The van der Waals surface area contributed by atoms with Crippen molar-refractivity contribution in [2.24, 2.45) is 0 Å². The number of halogens is 16. The predicted molar refractivity (Wildman–Crippen MR) is 436 cm³/mol. The van der Waals surface area contributed by atoms with Crippen molar-refractivity contribution in [3.8, 4) is 0 Å². The molecule has 77 heavy (non-hydrogen) atoms. The van der Waals surface area contributed by atoms with Crippen molar-refractivity contribution in [1.29, 1.82) is 0 Å². The second-order valence-electron chi connectivity index (χ2n) is 23.3. The van der Waals surface area contributed by atoms with E-state index in [-0.39, 0.29) is 0 Å². The maximum atomic E-state index is 6.69. The lowest BCUT2D eigenvalue weighted by Crippen LogP contribution is -2.25. The molecule has 0 nitrogen and oxygen atoms in total. The average molecular weight is 1670 g/mol. The maximum Gasteiger partial charge on any atom is 0.00348 e. The van der Waals surface area contributed by atoms with Crippen LogP contribution in [0.4, 0.5) is 0 Å². The average Bonchev–Trinajstić information content (AvgIpc) is 3.17. The van der Waals surface area contributed by atoms with Gasteiger partial charge >= 0.3 is 0 Å². The molecule has 0 saturated heterocycles. The van der Waals surface area contributed by atoms with E-state index >= 15 is 0 Å². The molecule has 0 aliphatic carbocycles. The van der Waals surface area contributed by atoms with Crippen LogP contribution in [0.2, 0.25) is 0 Å². The monoisotopic (exact) mass is 1660 g/mol. The van der Waals surface area contributed by atoms with Crippen molar-refractivity contribution in [3.05, 3.63) is 0 Å². The smallest absolute Gasteiger partial charge is 0.00348 e. The van der Waals surface area contributed by atoms with Crippen LogP contribution in [-0.4, -0.2) is 213 Å². The Labute approximate surface area is 570 Å².